The molecular weight excluding hydrogens is 526 g/mol. The standard InChI is InChI=1S/C28H22ClN3O7/c1-13-10-17(25(39-3)18(29)11-13)23(33)21-22(14-4-7-16(38-2)8-5-14)32(26(35)24(21)34)28-30-19-9-6-15(27(36)37)12-20(19)31-28/h4-12,22,33H,1-3H3,(H,30,31)(H,36,37)/b23-21+. The fourth-order valence-electron chi connectivity index (χ4n) is 4.65. The van der Waals surface area contributed by atoms with Crippen molar-refractivity contribution in [1.29, 1.82) is 0 Å². The van der Waals surface area contributed by atoms with Crippen LogP contribution in [-0.2, 0) is 9.59 Å². The maximum absolute atomic E-state index is 13.5. The number of anilines is 1. The Morgan fingerprint density at radius 3 is 2.38 bits per heavy atom. The number of carbonyl (C=O) groups is 3. The maximum Gasteiger partial charge on any atom is 0.335 e. The minimum atomic E-state index is -1.13. The summed E-state index contributed by atoms with van der Waals surface area (Å²) in [5, 5.41) is 21.1. The number of benzene rings is 3. The number of fused-ring (bicyclic) bond motifs is 1. The van der Waals surface area contributed by atoms with E-state index in [0.717, 1.165) is 4.90 Å². The number of imidazole rings is 1. The Balaban J connectivity index is 1.75. The van der Waals surface area contributed by atoms with E-state index in [2.05, 4.69) is 9.97 Å². The number of aromatic carboxylic acids is 1. The number of carboxylic acid groups (broad SMARTS) is 1. The van der Waals surface area contributed by atoms with Crippen molar-refractivity contribution in [1.82, 2.24) is 9.97 Å². The van der Waals surface area contributed by atoms with Crippen LogP contribution < -0.4 is 14.4 Å². The van der Waals surface area contributed by atoms with Crippen molar-refractivity contribution in [2.75, 3.05) is 19.1 Å². The first-order chi connectivity index (χ1) is 18.6. The zero-order chi connectivity index (χ0) is 28.0. The average molecular weight is 548 g/mol. The van der Waals surface area contributed by atoms with E-state index in [0.29, 0.717) is 27.9 Å². The summed E-state index contributed by atoms with van der Waals surface area (Å²) >= 11 is 6.35. The zero-order valence-electron chi connectivity index (χ0n) is 21.0. The van der Waals surface area contributed by atoms with Gasteiger partial charge in [0.05, 0.1) is 53.0 Å². The van der Waals surface area contributed by atoms with Crippen LogP contribution >= 0.6 is 11.6 Å². The lowest BCUT2D eigenvalue weighted by molar-refractivity contribution is -0.132. The molecule has 0 aliphatic carbocycles. The van der Waals surface area contributed by atoms with Crippen LogP contribution in [0.25, 0.3) is 16.8 Å². The van der Waals surface area contributed by atoms with Crippen LogP contribution in [-0.4, -0.2) is 52.1 Å². The number of aliphatic hydroxyl groups is 1. The summed E-state index contributed by atoms with van der Waals surface area (Å²) in [6.45, 7) is 1.77. The summed E-state index contributed by atoms with van der Waals surface area (Å²) in [7, 11) is 2.89. The molecule has 2 heterocycles. The lowest BCUT2D eigenvalue weighted by atomic mass is 9.94. The van der Waals surface area contributed by atoms with E-state index in [9.17, 15) is 24.6 Å². The first-order valence-electron chi connectivity index (χ1n) is 11.7. The summed E-state index contributed by atoms with van der Waals surface area (Å²) in [4.78, 5) is 47.0. The number of aliphatic hydroxyl groups excluding tert-OH is 1. The van der Waals surface area contributed by atoms with Crippen molar-refractivity contribution >= 4 is 52.0 Å². The summed E-state index contributed by atoms with van der Waals surface area (Å²) in [6, 6.07) is 13.1. The number of carbonyl (C=O) groups excluding carboxylic acids is 2. The number of hydrogen-bond acceptors (Lipinski definition) is 7. The van der Waals surface area contributed by atoms with Gasteiger partial charge in [-0.15, -0.1) is 0 Å². The number of carboxylic acids is 1. The molecule has 4 aromatic rings. The number of ether oxygens (including phenoxy) is 2. The molecule has 3 aromatic carbocycles. The quantitative estimate of drug-likeness (QED) is 0.176. The molecule has 1 aliphatic heterocycles. The van der Waals surface area contributed by atoms with Gasteiger partial charge in [0.2, 0.25) is 5.95 Å². The number of aromatic amines is 1. The maximum atomic E-state index is 13.5. The summed E-state index contributed by atoms with van der Waals surface area (Å²) < 4.78 is 10.7. The Labute approximate surface area is 227 Å². The topological polar surface area (TPSA) is 142 Å². The lowest BCUT2D eigenvalue weighted by Gasteiger charge is -2.23. The molecule has 1 saturated heterocycles. The number of H-pyrrole nitrogens is 1. The van der Waals surface area contributed by atoms with Gasteiger partial charge in [-0.05, 0) is 60.5 Å². The Morgan fingerprint density at radius 1 is 1.03 bits per heavy atom. The number of methoxy groups -OCH3 is 2. The SMILES string of the molecule is COc1ccc(C2/C(=C(\O)c3cc(C)cc(Cl)c3OC)C(=O)C(=O)N2c2nc3ccc(C(=O)O)cc3[nH]2)cc1. The Hall–Kier alpha value is -4.83. The number of nitrogens with one attached hydrogen (secondary N) is 1. The van der Waals surface area contributed by atoms with E-state index in [4.69, 9.17) is 21.1 Å². The van der Waals surface area contributed by atoms with E-state index < -0.39 is 29.5 Å². The molecular formula is C28H22ClN3O7. The molecule has 11 heteroatoms. The van der Waals surface area contributed by atoms with E-state index in [1.807, 2.05) is 0 Å². The van der Waals surface area contributed by atoms with Crippen LogP contribution in [0.15, 0.2) is 60.2 Å². The second-order valence-electron chi connectivity index (χ2n) is 8.87. The van der Waals surface area contributed by atoms with E-state index in [1.54, 1.807) is 43.3 Å². The highest BCUT2D eigenvalue weighted by Gasteiger charge is 2.48. The second-order valence-corrected chi connectivity index (χ2v) is 9.27. The number of Topliss-reactive ketones (excluding diaryl/α,β-unsaturated/α-hetero) is 1. The molecule has 0 radical (unpaired) electrons. The number of aryl methyl sites for hydroxylation is 1. The molecule has 10 nitrogen and oxygen atoms in total. The molecule has 5 rings (SSSR count). The molecule has 1 atom stereocenters. The fourth-order valence-corrected chi connectivity index (χ4v) is 5.00. The van der Waals surface area contributed by atoms with Crippen LogP contribution in [0.4, 0.5) is 5.95 Å². The minimum absolute atomic E-state index is 0.00347. The van der Waals surface area contributed by atoms with Gasteiger partial charge in [-0.1, -0.05) is 23.7 Å². The van der Waals surface area contributed by atoms with Gasteiger partial charge in [-0.25, -0.2) is 9.78 Å². The molecule has 1 amide bonds. The number of halogens is 1. The van der Waals surface area contributed by atoms with E-state index >= 15 is 0 Å². The third-order valence-corrected chi connectivity index (χ3v) is 6.75. The van der Waals surface area contributed by atoms with Crippen molar-refractivity contribution in [3.63, 3.8) is 0 Å². The first-order valence-corrected chi connectivity index (χ1v) is 12.0. The molecule has 1 aromatic heterocycles. The van der Waals surface area contributed by atoms with Crippen LogP contribution in [0.1, 0.15) is 33.1 Å². The molecule has 0 saturated carbocycles. The average Bonchev–Trinajstić information content (AvgIpc) is 3.45. The summed E-state index contributed by atoms with van der Waals surface area (Å²) in [5.41, 5.74) is 1.90. The Kier molecular flexibility index (Phi) is 6.49. The lowest BCUT2D eigenvalue weighted by Crippen LogP contribution is -2.30. The van der Waals surface area contributed by atoms with Crippen LogP contribution in [0.5, 0.6) is 11.5 Å². The van der Waals surface area contributed by atoms with E-state index in [-0.39, 0.29) is 33.4 Å². The van der Waals surface area contributed by atoms with Crippen molar-refractivity contribution in [2.24, 2.45) is 0 Å². The first kappa shape index (κ1) is 25.8. The number of ketones is 1. The summed E-state index contributed by atoms with van der Waals surface area (Å²) in [5.74, 6) is -2.78. The fraction of sp³-hybridized carbons (Fsp3) is 0.143. The monoisotopic (exact) mass is 547 g/mol. The molecule has 0 spiro atoms. The van der Waals surface area contributed by atoms with Crippen molar-refractivity contribution in [2.45, 2.75) is 13.0 Å². The molecule has 39 heavy (non-hydrogen) atoms. The van der Waals surface area contributed by atoms with Crippen LogP contribution in [0.3, 0.4) is 0 Å². The molecule has 1 aliphatic rings. The van der Waals surface area contributed by atoms with Gasteiger partial charge in [-0.3, -0.25) is 14.5 Å². The molecule has 1 unspecified atom stereocenters. The smallest absolute Gasteiger partial charge is 0.335 e. The number of rotatable bonds is 6. The van der Waals surface area contributed by atoms with Gasteiger partial charge < -0.3 is 24.7 Å². The van der Waals surface area contributed by atoms with Gasteiger partial charge in [0.1, 0.15) is 17.3 Å². The number of hydrogen-bond donors (Lipinski definition) is 3. The molecule has 198 valence electrons. The van der Waals surface area contributed by atoms with Crippen molar-refractivity contribution in [3.8, 4) is 11.5 Å². The highest BCUT2D eigenvalue weighted by molar-refractivity contribution is 6.51. The van der Waals surface area contributed by atoms with Crippen LogP contribution in [0, 0.1) is 6.92 Å². The predicted molar refractivity (Wildman–Crippen MR) is 144 cm³/mol. The van der Waals surface area contributed by atoms with Gasteiger partial charge in [0.15, 0.2) is 0 Å². The predicted octanol–water partition coefficient (Wildman–Crippen LogP) is 4.87. The Morgan fingerprint density at radius 2 is 1.74 bits per heavy atom. The van der Waals surface area contributed by atoms with Gasteiger partial charge in [0.25, 0.3) is 5.78 Å². The second kappa shape index (κ2) is 9.80. The van der Waals surface area contributed by atoms with E-state index in [1.165, 1.54) is 32.4 Å². The van der Waals surface area contributed by atoms with Gasteiger partial charge in [-0.2, -0.15) is 0 Å². The molecule has 0 bridgehead atoms. The van der Waals surface area contributed by atoms with Gasteiger partial charge in [0, 0.05) is 0 Å². The zero-order valence-corrected chi connectivity index (χ0v) is 21.7. The third kappa shape index (κ3) is 4.34. The van der Waals surface area contributed by atoms with Crippen LogP contribution in [0.2, 0.25) is 5.02 Å². The van der Waals surface area contributed by atoms with Gasteiger partial charge >= 0.3 is 11.9 Å². The molecule has 3 N–H and O–H groups in total. The number of amides is 1. The largest absolute Gasteiger partial charge is 0.507 e. The van der Waals surface area contributed by atoms with Crippen molar-refractivity contribution in [3.05, 3.63) is 87.4 Å². The van der Waals surface area contributed by atoms with Crippen molar-refractivity contribution < 1.29 is 34.1 Å². The third-order valence-electron chi connectivity index (χ3n) is 6.47. The minimum Gasteiger partial charge on any atom is -0.507 e. The Bertz CT molecular complexity index is 1690. The highest BCUT2D eigenvalue weighted by atomic mass is 35.5. The number of nitrogens with zero attached hydrogens (tertiary/aromatic N) is 2. The highest BCUT2D eigenvalue weighted by Crippen LogP contribution is 2.44. The normalized spacial score (nSPS) is 16.6. The molecule has 1 fully saturated rings. The number of aromatic nitrogens is 2. The summed E-state index contributed by atoms with van der Waals surface area (Å²) in [6.07, 6.45) is 0.